The highest BCUT2D eigenvalue weighted by Crippen LogP contribution is 2.34. The van der Waals surface area contributed by atoms with E-state index >= 15 is 0 Å². The van der Waals surface area contributed by atoms with E-state index in [1.54, 1.807) is 21.0 Å². The molecule has 11 nitrogen and oxygen atoms in total. The first-order valence-electron chi connectivity index (χ1n) is 12.1. The summed E-state index contributed by atoms with van der Waals surface area (Å²) in [5, 5.41) is 2.71. The molecule has 1 rings (SSSR count). The van der Waals surface area contributed by atoms with Gasteiger partial charge in [-0.2, -0.15) is 0 Å². The van der Waals surface area contributed by atoms with Crippen LogP contribution in [0.4, 0.5) is 0 Å². The topological polar surface area (TPSA) is 140 Å². The Morgan fingerprint density at radius 3 is 2.31 bits per heavy atom. The predicted octanol–water partition coefficient (Wildman–Crippen LogP) is 1.33. The lowest BCUT2D eigenvalue weighted by Crippen LogP contribution is -2.50. The Kier molecular flexibility index (Phi) is 12.5. The number of hydrogen-bond donors (Lipinski definition) is 1. The number of amides is 1. The summed E-state index contributed by atoms with van der Waals surface area (Å²) in [6.07, 6.45) is 6.96. The third-order valence-corrected chi connectivity index (χ3v) is 6.90. The minimum absolute atomic E-state index is 0.132. The fourth-order valence-electron chi connectivity index (χ4n) is 4.00. The zero-order valence-corrected chi connectivity index (χ0v) is 23.4. The summed E-state index contributed by atoms with van der Waals surface area (Å²) in [4.78, 5) is 25.9. The SMILES string of the molecule is CCC(CC(CC(C)(C)C(=O)OCCOCCOC)n1cc[n+](C)c1)C(=O)NC(C)(C)CS(=O)(=O)[O-]. The lowest BCUT2D eigenvalue weighted by Gasteiger charge is -2.31. The van der Waals surface area contributed by atoms with E-state index in [-0.39, 0.29) is 31.1 Å². The fourth-order valence-corrected chi connectivity index (χ4v) is 4.96. The van der Waals surface area contributed by atoms with Crippen LogP contribution in [0.1, 0.15) is 59.9 Å². The van der Waals surface area contributed by atoms with Crippen molar-refractivity contribution in [2.75, 3.05) is 39.3 Å². The van der Waals surface area contributed by atoms with Crippen molar-refractivity contribution in [2.45, 2.75) is 65.5 Å². The van der Waals surface area contributed by atoms with Gasteiger partial charge in [-0.25, -0.2) is 17.6 Å². The van der Waals surface area contributed by atoms with E-state index in [0.29, 0.717) is 32.5 Å². The van der Waals surface area contributed by atoms with Gasteiger partial charge in [-0.3, -0.25) is 9.59 Å². The maximum atomic E-state index is 13.1. The summed E-state index contributed by atoms with van der Waals surface area (Å²) in [5.41, 5.74) is -2.04. The van der Waals surface area contributed by atoms with Crippen LogP contribution in [-0.4, -0.2) is 74.2 Å². The molecule has 1 aromatic rings. The lowest BCUT2D eigenvalue weighted by atomic mass is 9.82. The van der Waals surface area contributed by atoms with E-state index in [0.717, 1.165) is 0 Å². The first-order valence-corrected chi connectivity index (χ1v) is 13.7. The van der Waals surface area contributed by atoms with Gasteiger partial charge in [0.1, 0.15) is 25.0 Å². The number of nitrogens with one attached hydrogen (secondary N) is 1. The molecular weight excluding hydrogens is 490 g/mol. The highest BCUT2D eigenvalue weighted by Gasteiger charge is 2.37. The van der Waals surface area contributed by atoms with Crippen molar-refractivity contribution in [3.05, 3.63) is 18.7 Å². The normalized spacial score (nSPS) is 14.3. The minimum atomic E-state index is -4.51. The lowest BCUT2D eigenvalue weighted by molar-refractivity contribution is -0.671. The van der Waals surface area contributed by atoms with Gasteiger partial charge in [0.25, 0.3) is 0 Å². The van der Waals surface area contributed by atoms with Gasteiger partial charge in [-0.1, -0.05) is 6.92 Å². The van der Waals surface area contributed by atoms with Crippen molar-refractivity contribution >= 4 is 22.0 Å². The van der Waals surface area contributed by atoms with Crippen LogP contribution in [0, 0.1) is 11.3 Å². The number of methoxy groups -OCH3 is 1. The molecule has 0 fully saturated rings. The van der Waals surface area contributed by atoms with Crippen LogP contribution < -0.4 is 9.88 Å². The number of imidazole rings is 1. The van der Waals surface area contributed by atoms with E-state index in [1.807, 2.05) is 41.8 Å². The molecule has 0 aliphatic heterocycles. The highest BCUT2D eigenvalue weighted by atomic mass is 32.2. The molecule has 2 unspecified atom stereocenters. The Bertz CT molecular complexity index is 943. The molecule has 36 heavy (non-hydrogen) atoms. The second-order valence-electron chi connectivity index (χ2n) is 10.4. The van der Waals surface area contributed by atoms with Crippen molar-refractivity contribution in [2.24, 2.45) is 18.4 Å². The van der Waals surface area contributed by atoms with Gasteiger partial charge in [0.15, 0.2) is 0 Å². The Hall–Kier alpha value is -2.02. The summed E-state index contributed by atoms with van der Waals surface area (Å²) < 4.78 is 53.2. The molecule has 0 saturated heterocycles. The average Bonchev–Trinajstić information content (AvgIpc) is 3.17. The van der Waals surface area contributed by atoms with E-state index in [1.165, 1.54) is 13.8 Å². The number of rotatable bonds is 17. The quantitative estimate of drug-likeness (QED) is 0.137. The zero-order valence-electron chi connectivity index (χ0n) is 22.6. The van der Waals surface area contributed by atoms with Crippen molar-refractivity contribution in [1.82, 2.24) is 9.88 Å². The third-order valence-electron chi connectivity index (χ3n) is 5.82. The van der Waals surface area contributed by atoms with Crippen LogP contribution in [0.2, 0.25) is 0 Å². The monoisotopic (exact) mass is 533 g/mol. The van der Waals surface area contributed by atoms with Crippen molar-refractivity contribution in [3.63, 3.8) is 0 Å². The zero-order chi connectivity index (χ0) is 27.6. The molecule has 1 N–H and O–H groups in total. The van der Waals surface area contributed by atoms with Crippen LogP contribution in [0.25, 0.3) is 0 Å². The van der Waals surface area contributed by atoms with Crippen LogP contribution >= 0.6 is 0 Å². The summed E-state index contributed by atoms with van der Waals surface area (Å²) in [6, 6.07) is -0.214. The first-order chi connectivity index (χ1) is 16.6. The molecule has 0 saturated carbocycles. The molecule has 1 heterocycles. The summed E-state index contributed by atoms with van der Waals surface area (Å²) in [7, 11) is -1.05. The summed E-state index contributed by atoms with van der Waals surface area (Å²) in [6.45, 7) is 9.79. The predicted molar refractivity (Wildman–Crippen MR) is 132 cm³/mol. The number of aromatic nitrogens is 2. The van der Waals surface area contributed by atoms with E-state index < -0.39 is 32.7 Å². The molecule has 0 bridgehead atoms. The van der Waals surface area contributed by atoms with Crippen molar-refractivity contribution in [1.29, 1.82) is 0 Å². The van der Waals surface area contributed by atoms with Crippen LogP contribution in [-0.2, 0) is 41.0 Å². The maximum Gasteiger partial charge on any atom is 0.311 e. The van der Waals surface area contributed by atoms with Crippen LogP contribution in [0.3, 0.4) is 0 Å². The van der Waals surface area contributed by atoms with Crippen LogP contribution in [0.5, 0.6) is 0 Å². The molecule has 2 atom stereocenters. The van der Waals surface area contributed by atoms with E-state index in [4.69, 9.17) is 14.2 Å². The fraction of sp³-hybridized carbons (Fsp3) is 0.792. The minimum Gasteiger partial charge on any atom is -0.748 e. The standard InChI is InChI=1S/C24H43N3O8S/c1-8-19(21(28)25-24(4,5)17-36(30,31)32)15-20(27-10-9-26(6)18-27)16-23(2,3)22(29)35-14-13-34-12-11-33-7/h9-10,18-20H,8,11-17H2,1-7H3,(H-,25,28,30,31,32). The number of hydrogen-bond acceptors (Lipinski definition) is 8. The molecule has 0 aliphatic rings. The number of nitrogens with zero attached hydrogens (tertiary/aromatic N) is 2. The van der Waals surface area contributed by atoms with Gasteiger partial charge in [-0.05, 0) is 40.5 Å². The molecule has 208 valence electrons. The number of carbonyl (C=O) groups excluding carboxylic acids is 2. The number of aryl methyl sites for hydroxylation is 1. The number of carbonyl (C=O) groups is 2. The smallest absolute Gasteiger partial charge is 0.311 e. The third kappa shape index (κ3) is 11.8. The van der Waals surface area contributed by atoms with Gasteiger partial charge >= 0.3 is 5.97 Å². The average molecular weight is 534 g/mol. The molecule has 1 amide bonds. The van der Waals surface area contributed by atoms with Crippen LogP contribution in [0.15, 0.2) is 18.7 Å². The maximum absolute atomic E-state index is 13.1. The molecule has 0 radical (unpaired) electrons. The Balaban J connectivity index is 2.94. The van der Waals surface area contributed by atoms with Gasteiger partial charge in [0.05, 0.1) is 48.2 Å². The van der Waals surface area contributed by atoms with E-state index in [2.05, 4.69) is 5.32 Å². The van der Waals surface area contributed by atoms with Gasteiger partial charge in [0.2, 0.25) is 12.2 Å². The summed E-state index contributed by atoms with van der Waals surface area (Å²) >= 11 is 0. The van der Waals surface area contributed by atoms with Gasteiger partial charge < -0.3 is 24.1 Å². The molecule has 1 aromatic heterocycles. The number of esters is 1. The summed E-state index contributed by atoms with van der Waals surface area (Å²) in [5.74, 6) is -1.86. The molecule has 0 spiro atoms. The molecular formula is C24H43N3O8S. The van der Waals surface area contributed by atoms with Crippen molar-refractivity contribution < 1.29 is 41.3 Å². The van der Waals surface area contributed by atoms with Crippen molar-refractivity contribution in [3.8, 4) is 0 Å². The Labute approximate surface area is 215 Å². The van der Waals surface area contributed by atoms with Gasteiger partial charge in [0, 0.05) is 25.0 Å². The second-order valence-corrected chi connectivity index (χ2v) is 11.8. The Morgan fingerprint density at radius 2 is 1.78 bits per heavy atom. The first kappa shape index (κ1) is 32.0. The molecule has 0 aliphatic carbocycles. The van der Waals surface area contributed by atoms with Gasteiger partial charge in [-0.15, -0.1) is 0 Å². The molecule has 12 heteroatoms. The second kappa shape index (κ2) is 14.1. The molecule has 0 aromatic carbocycles. The number of ether oxygens (including phenoxy) is 3. The largest absolute Gasteiger partial charge is 0.748 e. The van der Waals surface area contributed by atoms with E-state index in [9.17, 15) is 22.6 Å². The highest BCUT2D eigenvalue weighted by molar-refractivity contribution is 7.85. The Morgan fingerprint density at radius 1 is 1.14 bits per heavy atom.